The highest BCUT2D eigenvalue weighted by molar-refractivity contribution is 6.31. The molecule has 0 atom stereocenters. The van der Waals surface area contributed by atoms with Gasteiger partial charge in [-0.1, -0.05) is 29.3 Å². The maximum Gasteiger partial charge on any atom is 0.312 e. The van der Waals surface area contributed by atoms with Crippen LogP contribution >= 0.6 is 23.2 Å². The third kappa shape index (κ3) is 3.53. The topological polar surface area (TPSA) is 77.3 Å². The van der Waals surface area contributed by atoms with Crippen LogP contribution in [-0.4, -0.2) is 17.0 Å². The van der Waals surface area contributed by atoms with E-state index in [1.54, 1.807) is 18.2 Å². The van der Waals surface area contributed by atoms with Crippen molar-refractivity contribution < 1.29 is 9.66 Å². The van der Waals surface area contributed by atoms with Gasteiger partial charge in [-0.3, -0.25) is 10.1 Å². The summed E-state index contributed by atoms with van der Waals surface area (Å²) >= 11 is 11.8. The lowest BCUT2D eigenvalue weighted by Crippen LogP contribution is -2.06. The van der Waals surface area contributed by atoms with Crippen LogP contribution in [0.3, 0.4) is 0 Å². The molecule has 1 aromatic heterocycles. The smallest absolute Gasteiger partial charge is 0.312 e. The van der Waals surface area contributed by atoms with E-state index in [4.69, 9.17) is 27.9 Å². The highest BCUT2D eigenvalue weighted by Gasteiger charge is 2.17. The van der Waals surface area contributed by atoms with E-state index in [2.05, 4.69) is 10.3 Å². The average molecular weight is 328 g/mol. The average Bonchev–Trinajstić information content (AvgIpc) is 2.46. The normalized spacial score (nSPS) is 10.2. The van der Waals surface area contributed by atoms with Gasteiger partial charge < -0.3 is 10.1 Å². The lowest BCUT2D eigenvalue weighted by molar-refractivity contribution is -0.384. The number of aromatic nitrogens is 1. The minimum Gasteiger partial charge on any atom is -0.496 e. The van der Waals surface area contributed by atoms with Crippen molar-refractivity contribution in [2.45, 2.75) is 6.54 Å². The number of rotatable bonds is 5. The minimum atomic E-state index is -0.551. The van der Waals surface area contributed by atoms with E-state index in [9.17, 15) is 10.1 Å². The van der Waals surface area contributed by atoms with Crippen molar-refractivity contribution in [1.82, 2.24) is 4.98 Å². The van der Waals surface area contributed by atoms with Gasteiger partial charge in [0.1, 0.15) is 5.75 Å². The Balaban J connectivity index is 2.27. The number of hydrogen-bond acceptors (Lipinski definition) is 5. The zero-order valence-corrected chi connectivity index (χ0v) is 12.5. The molecule has 0 aliphatic rings. The summed E-state index contributed by atoms with van der Waals surface area (Å²) in [5.41, 5.74) is 0.487. The number of ether oxygens (including phenoxy) is 1. The second-order valence-electron chi connectivity index (χ2n) is 4.05. The van der Waals surface area contributed by atoms with Crippen LogP contribution < -0.4 is 10.1 Å². The lowest BCUT2D eigenvalue weighted by Gasteiger charge is -2.11. The SMILES string of the molecule is COc1cccc(Cl)c1CNc1ncc(Cl)cc1[N+](=O)[O-]. The van der Waals surface area contributed by atoms with Gasteiger partial charge in [-0.05, 0) is 12.1 Å². The van der Waals surface area contributed by atoms with Crippen molar-refractivity contribution in [3.8, 4) is 5.75 Å². The molecule has 0 spiro atoms. The van der Waals surface area contributed by atoms with Crippen LogP contribution in [0.5, 0.6) is 5.75 Å². The Morgan fingerprint density at radius 2 is 2.19 bits per heavy atom. The molecule has 6 nitrogen and oxygen atoms in total. The first-order valence-corrected chi connectivity index (χ1v) is 6.63. The fraction of sp³-hybridized carbons (Fsp3) is 0.154. The Labute approximate surface area is 130 Å². The first-order chi connectivity index (χ1) is 10.0. The van der Waals surface area contributed by atoms with Gasteiger partial charge in [0.25, 0.3) is 0 Å². The summed E-state index contributed by atoms with van der Waals surface area (Å²) in [6, 6.07) is 6.46. The Hall–Kier alpha value is -2.05. The summed E-state index contributed by atoms with van der Waals surface area (Å²) in [4.78, 5) is 14.4. The molecule has 1 heterocycles. The van der Waals surface area contributed by atoms with E-state index in [1.165, 1.54) is 19.4 Å². The lowest BCUT2D eigenvalue weighted by atomic mass is 10.2. The fourth-order valence-corrected chi connectivity index (χ4v) is 2.16. The largest absolute Gasteiger partial charge is 0.496 e. The van der Waals surface area contributed by atoms with E-state index < -0.39 is 4.92 Å². The van der Waals surface area contributed by atoms with Gasteiger partial charge in [0, 0.05) is 29.4 Å². The molecule has 0 saturated heterocycles. The van der Waals surface area contributed by atoms with Gasteiger partial charge in [-0.15, -0.1) is 0 Å². The van der Waals surface area contributed by atoms with E-state index in [1.807, 2.05) is 0 Å². The number of halogens is 2. The molecule has 0 saturated carbocycles. The van der Waals surface area contributed by atoms with E-state index >= 15 is 0 Å². The Morgan fingerprint density at radius 1 is 1.43 bits per heavy atom. The predicted octanol–water partition coefficient (Wildman–Crippen LogP) is 3.92. The first kappa shape index (κ1) is 15.3. The van der Waals surface area contributed by atoms with Crippen molar-refractivity contribution in [3.05, 3.63) is 56.2 Å². The summed E-state index contributed by atoms with van der Waals surface area (Å²) < 4.78 is 5.21. The molecular weight excluding hydrogens is 317 g/mol. The Bertz CT molecular complexity index is 680. The van der Waals surface area contributed by atoms with Gasteiger partial charge >= 0.3 is 5.69 Å². The van der Waals surface area contributed by atoms with Gasteiger partial charge in [0.2, 0.25) is 5.82 Å². The summed E-state index contributed by atoms with van der Waals surface area (Å²) in [5.74, 6) is 0.706. The van der Waals surface area contributed by atoms with Gasteiger partial charge in [-0.25, -0.2) is 4.98 Å². The molecule has 0 aliphatic carbocycles. The second-order valence-corrected chi connectivity index (χ2v) is 4.90. The van der Waals surface area contributed by atoms with Crippen LogP contribution in [0.15, 0.2) is 30.5 Å². The number of pyridine rings is 1. The minimum absolute atomic E-state index is 0.117. The molecule has 8 heteroatoms. The van der Waals surface area contributed by atoms with Gasteiger partial charge in [-0.2, -0.15) is 0 Å². The highest BCUT2D eigenvalue weighted by atomic mass is 35.5. The molecule has 0 fully saturated rings. The van der Waals surface area contributed by atoms with E-state index in [0.29, 0.717) is 16.3 Å². The molecule has 21 heavy (non-hydrogen) atoms. The highest BCUT2D eigenvalue weighted by Crippen LogP contribution is 2.29. The van der Waals surface area contributed by atoms with Crippen LogP contribution in [0, 0.1) is 10.1 Å². The molecular formula is C13H11Cl2N3O3. The van der Waals surface area contributed by atoms with Crippen LogP contribution in [0.4, 0.5) is 11.5 Å². The standard InChI is InChI=1S/C13H11Cl2N3O3/c1-21-12-4-2-3-10(15)9(12)7-17-13-11(18(19)20)5-8(14)6-16-13/h2-6H,7H2,1H3,(H,16,17). The molecule has 0 bridgehead atoms. The second kappa shape index (κ2) is 6.60. The Morgan fingerprint density at radius 3 is 2.86 bits per heavy atom. The number of nitrogens with zero attached hydrogens (tertiary/aromatic N) is 2. The number of anilines is 1. The zero-order valence-electron chi connectivity index (χ0n) is 11.0. The monoisotopic (exact) mass is 327 g/mol. The molecule has 0 aliphatic heterocycles. The van der Waals surface area contributed by atoms with Crippen LogP contribution in [0.25, 0.3) is 0 Å². The summed E-state index contributed by atoms with van der Waals surface area (Å²) in [6.07, 6.45) is 1.33. The van der Waals surface area contributed by atoms with Gasteiger partial charge in [0.15, 0.2) is 0 Å². The van der Waals surface area contributed by atoms with Crippen LogP contribution in [0.1, 0.15) is 5.56 Å². The Kier molecular flexibility index (Phi) is 4.82. The molecule has 110 valence electrons. The summed E-state index contributed by atoms with van der Waals surface area (Å²) in [5, 5.41) is 14.6. The molecule has 2 rings (SSSR count). The maximum absolute atomic E-state index is 11.0. The molecule has 2 aromatic rings. The van der Waals surface area contributed by atoms with E-state index in [-0.39, 0.29) is 23.1 Å². The summed E-state index contributed by atoms with van der Waals surface area (Å²) in [6.45, 7) is 0.234. The zero-order chi connectivity index (χ0) is 15.4. The first-order valence-electron chi connectivity index (χ1n) is 5.88. The number of nitro groups is 1. The number of hydrogen-bond donors (Lipinski definition) is 1. The van der Waals surface area contributed by atoms with Crippen molar-refractivity contribution in [3.63, 3.8) is 0 Å². The molecule has 1 N–H and O–H groups in total. The number of benzene rings is 1. The molecule has 1 aromatic carbocycles. The fourth-order valence-electron chi connectivity index (χ4n) is 1.78. The quantitative estimate of drug-likeness (QED) is 0.665. The maximum atomic E-state index is 11.0. The third-order valence-electron chi connectivity index (χ3n) is 2.76. The van der Waals surface area contributed by atoms with Crippen molar-refractivity contribution >= 4 is 34.7 Å². The molecule has 0 unspecified atom stereocenters. The van der Waals surface area contributed by atoms with Crippen LogP contribution in [-0.2, 0) is 6.54 Å². The van der Waals surface area contributed by atoms with Crippen molar-refractivity contribution in [2.75, 3.05) is 12.4 Å². The van der Waals surface area contributed by atoms with Crippen molar-refractivity contribution in [1.29, 1.82) is 0 Å². The predicted molar refractivity (Wildman–Crippen MR) is 81.2 cm³/mol. The van der Waals surface area contributed by atoms with E-state index in [0.717, 1.165) is 0 Å². The summed E-state index contributed by atoms with van der Waals surface area (Å²) in [7, 11) is 1.53. The van der Waals surface area contributed by atoms with Crippen LogP contribution in [0.2, 0.25) is 10.0 Å². The van der Waals surface area contributed by atoms with Gasteiger partial charge in [0.05, 0.1) is 17.1 Å². The third-order valence-corrected chi connectivity index (χ3v) is 3.32. The molecule has 0 radical (unpaired) electrons. The molecule has 0 amide bonds. The number of methoxy groups -OCH3 is 1. The van der Waals surface area contributed by atoms with Crippen molar-refractivity contribution in [2.24, 2.45) is 0 Å². The number of nitrogens with one attached hydrogen (secondary N) is 1.